The van der Waals surface area contributed by atoms with Crippen molar-refractivity contribution in [3.05, 3.63) is 109 Å². The van der Waals surface area contributed by atoms with E-state index in [1.165, 1.54) is 12.0 Å². The summed E-state index contributed by atoms with van der Waals surface area (Å²) in [6.45, 7) is 0. The number of aromatic nitrogens is 4. The maximum atomic E-state index is 6.68. The quantitative estimate of drug-likeness (QED) is 0.199. The van der Waals surface area contributed by atoms with Crippen LogP contribution in [0.1, 0.15) is 24.8 Å². The molecule has 0 saturated heterocycles. The molecule has 43 heavy (non-hydrogen) atoms. The molecular weight excluding hydrogens is 622 g/mol. The molecule has 3 aromatic heterocycles. The lowest BCUT2D eigenvalue weighted by molar-refractivity contribution is 0.253. The zero-order valence-electron chi connectivity index (χ0n) is 22.9. The molecule has 8 rings (SSSR count). The largest absolute Gasteiger partial charge is 0.338 e. The minimum Gasteiger partial charge on any atom is -0.338 e. The zero-order chi connectivity index (χ0) is 26.0. The molecule has 220 valence electrons. The minimum absolute atomic E-state index is 0. The molecule has 6 aromatic rings. The van der Waals surface area contributed by atoms with E-state index in [0.29, 0.717) is 0 Å². The lowest BCUT2D eigenvalue weighted by Gasteiger charge is -2.38. The molecule has 0 amide bonds. The van der Waals surface area contributed by atoms with Gasteiger partial charge in [-0.05, 0) is 66.6 Å². The fourth-order valence-electron chi connectivity index (χ4n) is 5.93. The first-order chi connectivity index (χ1) is 19.2. The van der Waals surface area contributed by atoms with E-state index >= 15 is 0 Å². The number of hydrogen-bond donors (Lipinski definition) is 2. The van der Waals surface area contributed by atoms with Crippen LogP contribution in [0.4, 0.5) is 11.5 Å². The second kappa shape index (κ2) is 12.5. The normalized spacial score (nSPS) is 13.5. The van der Waals surface area contributed by atoms with Crippen molar-refractivity contribution in [3.63, 3.8) is 0 Å². The van der Waals surface area contributed by atoms with Gasteiger partial charge in [-0.2, -0.15) is 0 Å². The van der Waals surface area contributed by atoms with Gasteiger partial charge < -0.3 is 11.1 Å². The van der Waals surface area contributed by atoms with Gasteiger partial charge in [0, 0.05) is 46.2 Å². The molecule has 0 atom stereocenters. The standard InChI is InChI=1S/C33H26N6.4ClH/c34-33(15-4-16-33)25-12-10-21(11-13-25)30-29(23-8-9-24-20-35-18-14-22(24)19-23)38-32-26-5-1-2-6-27(26)37-31-28(39(30)32)7-3-17-36-31;;;;/h1-3,5-14,17-20H,4,15-16,34H2,(H,36,37);4*1H. The Morgan fingerprint density at radius 3 is 2.30 bits per heavy atom. The second-order valence-electron chi connectivity index (χ2n) is 10.5. The summed E-state index contributed by atoms with van der Waals surface area (Å²) < 4.78 is 2.25. The second-order valence-corrected chi connectivity index (χ2v) is 10.5. The van der Waals surface area contributed by atoms with Crippen molar-refractivity contribution in [1.82, 2.24) is 19.5 Å². The van der Waals surface area contributed by atoms with Crippen LogP contribution in [0.3, 0.4) is 0 Å². The Morgan fingerprint density at radius 1 is 0.767 bits per heavy atom. The molecule has 0 radical (unpaired) electrons. The van der Waals surface area contributed by atoms with Crippen molar-refractivity contribution in [1.29, 1.82) is 0 Å². The number of fused-ring (bicyclic) bond motifs is 6. The van der Waals surface area contributed by atoms with Gasteiger partial charge in [0.15, 0.2) is 5.82 Å². The third kappa shape index (κ3) is 5.24. The number of imidazole rings is 1. The number of pyridine rings is 2. The van der Waals surface area contributed by atoms with Crippen LogP contribution in [-0.2, 0) is 5.54 Å². The number of rotatable bonds is 3. The van der Waals surface area contributed by atoms with Gasteiger partial charge in [0.05, 0.1) is 22.8 Å². The molecule has 0 unspecified atom stereocenters. The van der Waals surface area contributed by atoms with Crippen molar-refractivity contribution < 1.29 is 0 Å². The molecule has 1 fully saturated rings. The van der Waals surface area contributed by atoms with E-state index in [-0.39, 0.29) is 55.2 Å². The predicted octanol–water partition coefficient (Wildman–Crippen LogP) is 8.90. The van der Waals surface area contributed by atoms with Gasteiger partial charge in [-0.25, -0.2) is 9.97 Å². The van der Waals surface area contributed by atoms with Crippen LogP contribution in [-0.4, -0.2) is 19.5 Å². The highest BCUT2D eigenvalue weighted by Crippen LogP contribution is 2.45. The molecule has 1 saturated carbocycles. The van der Waals surface area contributed by atoms with Gasteiger partial charge in [0.25, 0.3) is 0 Å². The molecule has 3 N–H and O–H groups in total. The van der Waals surface area contributed by atoms with Crippen LogP contribution in [0.25, 0.3) is 50.4 Å². The minimum atomic E-state index is -0.207. The summed E-state index contributed by atoms with van der Waals surface area (Å²) in [5.41, 5.74) is 14.7. The van der Waals surface area contributed by atoms with E-state index in [4.69, 9.17) is 15.7 Å². The molecule has 4 heterocycles. The van der Waals surface area contributed by atoms with E-state index < -0.39 is 0 Å². The summed E-state index contributed by atoms with van der Waals surface area (Å²) in [5.74, 6) is 1.67. The number of halogens is 4. The Labute approximate surface area is 274 Å². The fourth-order valence-corrected chi connectivity index (χ4v) is 5.93. The van der Waals surface area contributed by atoms with Gasteiger partial charge in [0.2, 0.25) is 0 Å². The van der Waals surface area contributed by atoms with Gasteiger partial charge in [-0.15, -0.1) is 49.6 Å². The number of nitrogens with one attached hydrogen (secondary N) is 1. The fraction of sp³-hybridized carbons (Fsp3) is 0.121. The van der Waals surface area contributed by atoms with Gasteiger partial charge in [-0.3, -0.25) is 9.55 Å². The Balaban J connectivity index is 0.00000106. The van der Waals surface area contributed by atoms with Crippen LogP contribution < -0.4 is 11.1 Å². The molecule has 0 bridgehead atoms. The predicted molar refractivity (Wildman–Crippen MR) is 185 cm³/mol. The molecule has 0 spiro atoms. The monoisotopic (exact) mass is 650 g/mol. The van der Waals surface area contributed by atoms with Crippen molar-refractivity contribution in [3.8, 4) is 39.6 Å². The SMILES string of the molecule is Cl.Cl.Cl.Cl.NC1(c2ccc(-c3c(-c4ccc5cnccc5c4)nc4n3-c3cccnc3Nc3ccccc3-4)cc2)CCC1. The van der Waals surface area contributed by atoms with Gasteiger partial charge in [-0.1, -0.05) is 48.5 Å². The lowest BCUT2D eigenvalue weighted by atomic mass is 9.72. The molecule has 1 aliphatic heterocycles. The molecule has 1 aliphatic carbocycles. The summed E-state index contributed by atoms with van der Waals surface area (Å²) in [4.78, 5) is 14.4. The molecule has 6 nitrogen and oxygen atoms in total. The summed E-state index contributed by atoms with van der Waals surface area (Å²) in [5, 5.41) is 5.78. The lowest BCUT2D eigenvalue weighted by Crippen LogP contribution is -2.43. The highest BCUT2D eigenvalue weighted by Gasteiger charge is 2.34. The van der Waals surface area contributed by atoms with E-state index in [1.54, 1.807) is 0 Å². The van der Waals surface area contributed by atoms with Crippen molar-refractivity contribution in [2.45, 2.75) is 24.8 Å². The number of benzene rings is 3. The first-order valence-electron chi connectivity index (χ1n) is 13.4. The number of nitrogens with zero attached hydrogens (tertiary/aromatic N) is 4. The highest BCUT2D eigenvalue weighted by atomic mass is 35.5. The van der Waals surface area contributed by atoms with Gasteiger partial charge in [0.1, 0.15) is 5.82 Å². The Hall–Kier alpha value is -3.65. The first kappa shape index (κ1) is 32.3. The van der Waals surface area contributed by atoms with Gasteiger partial charge >= 0.3 is 0 Å². The first-order valence-corrected chi connectivity index (χ1v) is 13.4. The van der Waals surface area contributed by atoms with Crippen molar-refractivity contribution in [2.24, 2.45) is 5.73 Å². The number of nitrogens with two attached hydrogens (primary N) is 1. The molecule has 3 aromatic carbocycles. The van der Waals surface area contributed by atoms with E-state index in [0.717, 1.165) is 74.7 Å². The Bertz CT molecular complexity index is 1900. The third-order valence-corrected chi connectivity index (χ3v) is 8.22. The summed E-state index contributed by atoms with van der Waals surface area (Å²) >= 11 is 0. The van der Waals surface area contributed by atoms with E-state index in [2.05, 4.69) is 81.6 Å². The molecular formula is C33H30Cl4N6. The third-order valence-electron chi connectivity index (χ3n) is 8.22. The number of hydrogen-bond acceptors (Lipinski definition) is 5. The zero-order valence-corrected chi connectivity index (χ0v) is 26.2. The molecule has 10 heteroatoms. The number of anilines is 2. The van der Waals surface area contributed by atoms with Crippen molar-refractivity contribution in [2.75, 3.05) is 5.32 Å². The smallest absolute Gasteiger partial charge is 0.154 e. The van der Waals surface area contributed by atoms with E-state index in [9.17, 15) is 0 Å². The van der Waals surface area contributed by atoms with Crippen molar-refractivity contribution >= 4 is 71.9 Å². The van der Waals surface area contributed by atoms with Crippen LogP contribution >= 0.6 is 49.6 Å². The Kier molecular flexibility index (Phi) is 9.40. The Morgan fingerprint density at radius 2 is 1.53 bits per heavy atom. The topological polar surface area (TPSA) is 81.7 Å². The average Bonchev–Trinajstić information content (AvgIpc) is 3.30. The molecule has 2 aliphatic rings. The van der Waals surface area contributed by atoms with Crippen LogP contribution in [0.2, 0.25) is 0 Å². The summed E-state index contributed by atoms with van der Waals surface area (Å²) in [7, 11) is 0. The van der Waals surface area contributed by atoms with Crippen LogP contribution in [0, 0.1) is 0 Å². The highest BCUT2D eigenvalue weighted by molar-refractivity contribution is 5.93. The average molecular weight is 652 g/mol. The maximum Gasteiger partial charge on any atom is 0.154 e. The van der Waals surface area contributed by atoms with Crippen LogP contribution in [0.15, 0.2) is 104 Å². The maximum absolute atomic E-state index is 6.68. The summed E-state index contributed by atoms with van der Waals surface area (Å²) in [6.07, 6.45) is 8.81. The number of para-hydroxylation sites is 1. The van der Waals surface area contributed by atoms with Crippen LogP contribution in [0.5, 0.6) is 0 Å². The van der Waals surface area contributed by atoms with E-state index in [1.807, 2.05) is 36.8 Å². The summed E-state index contributed by atoms with van der Waals surface area (Å²) in [6, 6.07) is 29.6.